The first-order chi connectivity index (χ1) is 13.5. The van der Waals surface area contributed by atoms with Crippen LogP contribution in [0.3, 0.4) is 0 Å². The van der Waals surface area contributed by atoms with Crippen molar-refractivity contribution >= 4 is 17.3 Å². The quantitative estimate of drug-likeness (QED) is 0.358. The normalized spacial score (nSPS) is 11.2. The molecule has 0 unspecified atom stereocenters. The number of aromatic nitrogens is 1. The maximum atomic E-state index is 5.81. The molecule has 8 heteroatoms. The van der Waals surface area contributed by atoms with Crippen LogP contribution in [0.5, 0.6) is 17.2 Å². The first kappa shape index (κ1) is 21.8. The molecule has 0 aliphatic carbocycles. The van der Waals surface area contributed by atoms with Crippen LogP contribution in [0.4, 0.5) is 0 Å². The van der Waals surface area contributed by atoms with Gasteiger partial charge in [-0.2, -0.15) is 0 Å². The molecular weight excluding hydrogens is 376 g/mol. The van der Waals surface area contributed by atoms with Gasteiger partial charge in [-0.1, -0.05) is 0 Å². The van der Waals surface area contributed by atoms with Gasteiger partial charge in [0.1, 0.15) is 22.3 Å². The summed E-state index contributed by atoms with van der Waals surface area (Å²) in [5.74, 6) is 2.94. The van der Waals surface area contributed by atoms with Gasteiger partial charge in [0.2, 0.25) is 0 Å². The lowest BCUT2D eigenvalue weighted by Crippen LogP contribution is -2.38. The molecule has 0 aliphatic heterocycles. The van der Waals surface area contributed by atoms with E-state index in [1.165, 1.54) is 4.88 Å². The molecule has 0 fully saturated rings. The highest BCUT2D eigenvalue weighted by molar-refractivity contribution is 7.11. The van der Waals surface area contributed by atoms with E-state index in [-0.39, 0.29) is 0 Å². The topological polar surface area (TPSA) is 77.0 Å². The molecule has 1 aromatic heterocycles. The molecule has 7 nitrogen and oxygen atoms in total. The first-order valence-electron chi connectivity index (χ1n) is 9.36. The summed E-state index contributed by atoms with van der Waals surface area (Å²) >= 11 is 1.70. The molecule has 28 heavy (non-hydrogen) atoms. The summed E-state index contributed by atoms with van der Waals surface area (Å²) < 4.78 is 16.3. The molecule has 0 amide bonds. The number of aryl methyl sites for hydroxylation is 2. The van der Waals surface area contributed by atoms with E-state index < -0.39 is 0 Å². The van der Waals surface area contributed by atoms with E-state index in [4.69, 9.17) is 14.2 Å². The number of methoxy groups -OCH3 is 2. The molecule has 1 heterocycles. The minimum Gasteiger partial charge on any atom is -0.496 e. The molecule has 0 radical (unpaired) electrons. The molecule has 2 rings (SSSR count). The third-order valence-corrected chi connectivity index (χ3v) is 5.05. The van der Waals surface area contributed by atoms with Gasteiger partial charge in [-0.25, -0.2) is 9.98 Å². The number of hydrogen-bond donors (Lipinski definition) is 2. The average molecular weight is 407 g/mol. The summed E-state index contributed by atoms with van der Waals surface area (Å²) in [5.41, 5.74) is 1.08. The Kier molecular flexibility index (Phi) is 8.87. The van der Waals surface area contributed by atoms with E-state index in [2.05, 4.69) is 27.5 Å². The third-order valence-electron chi connectivity index (χ3n) is 4.00. The summed E-state index contributed by atoms with van der Waals surface area (Å²) in [6, 6.07) is 5.51. The van der Waals surface area contributed by atoms with Gasteiger partial charge in [-0.05, 0) is 27.2 Å². The highest BCUT2D eigenvalue weighted by Crippen LogP contribution is 2.27. The Morgan fingerprint density at radius 1 is 1.07 bits per heavy atom. The zero-order valence-corrected chi connectivity index (χ0v) is 18.1. The molecule has 0 bridgehead atoms. The van der Waals surface area contributed by atoms with Crippen LogP contribution in [-0.2, 0) is 6.54 Å². The number of aliphatic imine (C=N–C) groups is 1. The fourth-order valence-electron chi connectivity index (χ4n) is 2.43. The van der Waals surface area contributed by atoms with Crippen molar-refractivity contribution in [2.24, 2.45) is 4.99 Å². The van der Waals surface area contributed by atoms with Crippen LogP contribution in [0, 0.1) is 13.8 Å². The van der Waals surface area contributed by atoms with Crippen molar-refractivity contribution < 1.29 is 14.2 Å². The van der Waals surface area contributed by atoms with Crippen molar-refractivity contribution in [3.63, 3.8) is 0 Å². The van der Waals surface area contributed by atoms with Crippen LogP contribution in [-0.4, -0.2) is 44.9 Å². The largest absolute Gasteiger partial charge is 0.496 e. The molecule has 0 spiro atoms. The molecule has 0 saturated heterocycles. The number of nitrogens with one attached hydrogen (secondary N) is 2. The van der Waals surface area contributed by atoms with Gasteiger partial charge >= 0.3 is 0 Å². The Balaban J connectivity index is 1.78. The number of nitrogens with zero attached hydrogens (tertiary/aromatic N) is 2. The number of ether oxygens (including phenoxy) is 3. The molecule has 0 saturated carbocycles. The second-order valence-corrected chi connectivity index (χ2v) is 7.41. The second kappa shape index (κ2) is 11.4. The van der Waals surface area contributed by atoms with E-state index in [1.807, 2.05) is 32.0 Å². The fourth-order valence-corrected chi connectivity index (χ4v) is 3.29. The minimum absolute atomic E-state index is 0.577. The maximum absolute atomic E-state index is 5.81. The van der Waals surface area contributed by atoms with Crippen LogP contribution < -0.4 is 24.8 Å². The van der Waals surface area contributed by atoms with Crippen LogP contribution in [0.15, 0.2) is 23.2 Å². The molecule has 0 aliphatic rings. The monoisotopic (exact) mass is 406 g/mol. The smallest absolute Gasteiger partial charge is 0.191 e. The lowest BCUT2D eigenvalue weighted by Gasteiger charge is -2.12. The molecule has 2 N–H and O–H groups in total. The maximum Gasteiger partial charge on any atom is 0.191 e. The van der Waals surface area contributed by atoms with Crippen LogP contribution >= 0.6 is 11.3 Å². The number of rotatable bonds is 10. The number of thiazole rings is 1. The van der Waals surface area contributed by atoms with E-state index in [9.17, 15) is 0 Å². The van der Waals surface area contributed by atoms with Crippen molar-refractivity contribution in [2.45, 2.75) is 33.7 Å². The van der Waals surface area contributed by atoms with E-state index >= 15 is 0 Å². The fraction of sp³-hybridized carbons (Fsp3) is 0.500. The zero-order valence-electron chi connectivity index (χ0n) is 17.3. The van der Waals surface area contributed by atoms with Gasteiger partial charge in [0.05, 0.1) is 33.1 Å². The minimum atomic E-state index is 0.577. The molecule has 0 atom stereocenters. The van der Waals surface area contributed by atoms with Crippen molar-refractivity contribution in [1.82, 2.24) is 15.6 Å². The van der Waals surface area contributed by atoms with Crippen molar-refractivity contribution in [1.29, 1.82) is 0 Å². The highest BCUT2D eigenvalue weighted by atomic mass is 32.1. The Labute approximate surface area is 171 Å². The Morgan fingerprint density at radius 2 is 1.75 bits per heavy atom. The summed E-state index contributed by atoms with van der Waals surface area (Å²) in [6.45, 7) is 8.88. The van der Waals surface area contributed by atoms with Gasteiger partial charge in [-0.15, -0.1) is 11.3 Å². The van der Waals surface area contributed by atoms with Gasteiger partial charge in [-0.3, -0.25) is 0 Å². The highest BCUT2D eigenvalue weighted by Gasteiger charge is 2.05. The first-order valence-corrected chi connectivity index (χ1v) is 10.2. The molecular formula is C20H30N4O3S. The Bertz CT molecular complexity index is 735. The van der Waals surface area contributed by atoms with E-state index in [0.29, 0.717) is 24.7 Å². The predicted octanol–water partition coefficient (Wildman–Crippen LogP) is 3.30. The number of benzene rings is 1. The lowest BCUT2D eigenvalue weighted by molar-refractivity contribution is 0.305. The molecule has 154 valence electrons. The zero-order chi connectivity index (χ0) is 20.4. The van der Waals surface area contributed by atoms with Crippen molar-refractivity contribution in [3.05, 3.63) is 33.8 Å². The SMILES string of the molecule is CCNC(=NCc1nc(C)c(C)s1)NCCCOc1cc(OC)cc(OC)c1. The van der Waals surface area contributed by atoms with Gasteiger partial charge in [0, 0.05) is 36.2 Å². The predicted molar refractivity (Wildman–Crippen MR) is 114 cm³/mol. The summed E-state index contributed by atoms with van der Waals surface area (Å²) in [7, 11) is 3.25. The third kappa shape index (κ3) is 6.92. The Hall–Kier alpha value is -2.48. The number of guanidine groups is 1. The second-order valence-electron chi connectivity index (χ2n) is 6.12. The van der Waals surface area contributed by atoms with E-state index in [1.54, 1.807) is 25.6 Å². The van der Waals surface area contributed by atoms with Gasteiger partial charge < -0.3 is 24.8 Å². The summed E-state index contributed by atoms with van der Waals surface area (Å²) in [4.78, 5) is 10.4. The van der Waals surface area contributed by atoms with E-state index in [0.717, 1.165) is 41.9 Å². The van der Waals surface area contributed by atoms with Crippen molar-refractivity contribution in [2.75, 3.05) is 33.9 Å². The Morgan fingerprint density at radius 3 is 2.32 bits per heavy atom. The summed E-state index contributed by atoms with van der Waals surface area (Å²) in [5, 5.41) is 7.62. The van der Waals surface area contributed by atoms with Crippen LogP contribution in [0.1, 0.15) is 28.9 Å². The molecule has 1 aromatic carbocycles. The van der Waals surface area contributed by atoms with Crippen LogP contribution in [0.2, 0.25) is 0 Å². The van der Waals surface area contributed by atoms with Crippen LogP contribution in [0.25, 0.3) is 0 Å². The van der Waals surface area contributed by atoms with Gasteiger partial charge in [0.15, 0.2) is 5.96 Å². The summed E-state index contributed by atoms with van der Waals surface area (Å²) in [6.07, 6.45) is 0.833. The molecule has 2 aromatic rings. The van der Waals surface area contributed by atoms with Crippen molar-refractivity contribution in [3.8, 4) is 17.2 Å². The number of hydrogen-bond acceptors (Lipinski definition) is 6. The standard InChI is InChI=1S/C20H30N4O3S/c1-6-21-20(23-13-19-24-14(2)15(3)28-19)22-8-7-9-27-18-11-16(25-4)10-17(12-18)26-5/h10-12H,6-9,13H2,1-5H3,(H2,21,22,23). The average Bonchev–Trinajstić information content (AvgIpc) is 3.02. The lowest BCUT2D eigenvalue weighted by atomic mass is 10.3. The van der Waals surface area contributed by atoms with Gasteiger partial charge in [0.25, 0.3) is 0 Å².